The minimum Gasteiger partial charge on any atom is -0.305 e. The van der Waals surface area contributed by atoms with Crippen LogP contribution in [-0.2, 0) is 30.9 Å². The van der Waals surface area contributed by atoms with Crippen LogP contribution in [-0.4, -0.2) is 9.97 Å². The zero-order valence-electron chi connectivity index (χ0n) is 23.7. The van der Waals surface area contributed by atoms with Crippen molar-refractivity contribution in [1.82, 2.24) is 9.97 Å². The second kappa shape index (κ2) is 13.2. The molecule has 2 nitrogen and oxygen atoms in total. The minimum atomic E-state index is 0. The first kappa shape index (κ1) is 32.0. The fraction of sp³-hybridized carbons (Fsp3) is 0.263. The minimum absolute atomic E-state index is 0. The van der Waals surface area contributed by atoms with Crippen LogP contribution in [0.5, 0.6) is 0 Å². The van der Waals surface area contributed by atoms with Gasteiger partial charge in [0.2, 0.25) is 0 Å². The standard InChI is InChI=1S/C26H26N.C11H7BrN.CH4.Ir/c1-18-15-24(27-17-21(18)19-7-5-4-6-8-19)20-9-10-22-23(16-20)26(3)13-11-25(22,2)12-14-26;12-10-5-3-4-9(8-10)11-6-1-2-7-13-11;;/h4-8,10,15-17H,11-14H2,1-3H3;1-3,5-8H;1H4;/q2*-1;;. The van der Waals surface area contributed by atoms with Gasteiger partial charge in [-0.15, -0.1) is 64.7 Å². The monoisotopic (exact) mass is 793 g/mol. The molecule has 0 amide bonds. The molecule has 2 bridgehead atoms. The molecule has 0 spiro atoms. The molecule has 3 aliphatic carbocycles. The number of aromatic nitrogens is 2. The topological polar surface area (TPSA) is 25.8 Å². The molecule has 4 heteroatoms. The Morgan fingerprint density at radius 1 is 0.738 bits per heavy atom. The van der Waals surface area contributed by atoms with Crippen LogP contribution in [0.15, 0.2) is 102 Å². The van der Waals surface area contributed by atoms with E-state index in [4.69, 9.17) is 4.98 Å². The molecule has 217 valence electrons. The summed E-state index contributed by atoms with van der Waals surface area (Å²) < 4.78 is 1.05. The maximum absolute atomic E-state index is 4.81. The van der Waals surface area contributed by atoms with Gasteiger partial charge in [0.1, 0.15) is 0 Å². The van der Waals surface area contributed by atoms with Crippen molar-refractivity contribution in [3.05, 3.63) is 131 Å². The molecule has 2 heterocycles. The van der Waals surface area contributed by atoms with E-state index >= 15 is 0 Å². The molecule has 1 saturated carbocycles. The maximum Gasteiger partial charge on any atom is 0.0242 e. The fourth-order valence-electron chi connectivity index (χ4n) is 6.26. The van der Waals surface area contributed by atoms with Gasteiger partial charge < -0.3 is 9.97 Å². The van der Waals surface area contributed by atoms with Crippen molar-refractivity contribution in [2.45, 2.75) is 64.7 Å². The number of rotatable bonds is 3. The van der Waals surface area contributed by atoms with Gasteiger partial charge in [-0.1, -0.05) is 103 Å². The zero-order valence-corrected chi connectivity index (χ0v) is 27.7. The number of hydrogen-bond donors (Lipinski definition) is 0. The molecule has 0 saturated heterocycles. The molecule has 1 fully saturated rings. The van der Waals surface area contributed by atoms with Gasteiger partial charge in [-0.25, -0.2) is 0 Å². The van der Waals surface area contributed by atoms with E-state index < -0.39 is 0 Å². The molecular formula is C38H37BrIrN2-2. The average Bonchev–Trinajstić information content (AvgIpc) is 2.99. The summed E-state index contributed by atoms with van der Waals surface area (Å²) in [4.78, 5) is 9.04. The Morgan fingerprint density at radius 3 is 2.05 bits per heavy atom. The van der Waals surface area contributed by atoms with E-state index in [0.29, 0.717) is 10.8 Å². The molecule has 0 aliphatic heterocycles. The zero-order chi connectivity index (χ0) is 27.7. The summed E-state index contributed by atoms with van der Waals surface area (Å²) in [6.07, 6.45) is 9.03. The van der Waals surface area contributed by atoms with Crippen LogP contribution >= 0.6 is 15.9 Å². The number of nitrogens with zero attached hydrogens (tertiary/aromatic N) is 2. The normalized spacial score (nSPS) is 19.8. The van der Waals surface area contributed by atoms with E-state index in [1.165, 1.54) is 47.9 Å². The third-order valence-corrected chi connectivity index (χ3v) is 9.38. The summed E-state index contributed by atoms with van der Waals surface area (Å²) in [6.45, 7) is 7.07. The molecule has 0 unspecified atom stereocenters. The second-order valence-electron chi connectivity index (χ2n) is 11.7. The number of benzene rings is 3. The van der Waals surface area contributed by atoms with Gasteiger partial charge in [-0.3, -0.25) is 0 Å². The van der Waals surface area contributed by atoms with Gasteiger partial charge in [0.15, 0.2) is 0 Å². The first-order valence-electron chi connectivity index (χ1n) is 14.0. The summed E-state index contributed by atoms with van der Waals surface area (Å²) in [5.74, 6) is 0. The van der Waals surface area contributed by atoms with Crippen molar-refractivity contribution in [1.29, 1.82) is 0 Å². The summed E-state index contributed by atoms with van der Waals surface area (Å²) in [7, 11) is 0. The Morgan fingerprint density at radius 2 is 1.40 bits per heavy atom. The van der Waals surface area contributed by atoms with Crippen LogP contribution in [0.3, 0.4) is 0 Å². The third kappa shape index (κ3) is 6.37. The quantitative estimate of drug-likeness (QED) is 0.170. The number of pyridine rings is 2. The Hall–Kier alpha value is -2.91. The van der Waals surface area contributed by atoms with Crippen molar-refractivity contribution in [2.75, 3.05) is 0 Å². The van der Waals surface area contributed by atoms with Crippen molar-refractivity contribution in [3.8, 4) is 33.6 Å². The Kier molecular flexibility index (Phi) is 10.0. The molecule has 0 atom stereocenters. The van der Waals surface area contributed by atoms with Gasteiger partial charge in [0, 0.05) is 38.1 Å². The molecule has 5 aromatic rings. The van der Waals surface area contributed by atoms with Crippen LogP contribution in [0, 0.1) is 19.1 Å². The van der Waals surface area contributed by atoms with Crippen LogP contribution < -0.4 is 0 Å². The van der Waals surface area contributed by atoms with E-state index in [1.54, 1.807) is 11.8 Å². The van der Waals surface area contributed by atoms with Crippen molar-refractivity contribution < 1.29 is 20.1 Å². The van der Waals surface area contributed by atoms with E-state index in [9.17, 15) is 0 Å². The van der Waals surface area contributed by atoms with Crippen LogP contribution in [0.4, 0.5) is 0 Å². The van der Waals surface area contributed by atoms with E-state index in [2.05, 4.69) is 102 Å². The summed E-state index contributed by atoms with van der Waals surface area (Å²) in [6, 6.07) is 35.7. The Balaban J connectivity index is 0.000000229. The molecule has 3 aromatic carbocycles. The SMILES string of the molecule is Brc1cc[c-]c(-c2ccccn2)c1.C.Cc1cc(-c2[c-]cc3c(c2)C2(C)CCC3(C)CC2)ncc1-c1ccccc1.[Ir]. The predicted octanol–water partition coefficient (Wildman–Crippen LogP) is 10.6. The van der Waals surface area contributed by atoms with E-state index in [-0.39, 0.29) is 27.5 Å². The fourth-order valence-corrected chi connectivity index (χ4v) is 6.62. The van der Waals surface area contributed by atoms with Gasteiger partial charge in [0.25, 0.3) is 0 Å². The molecule has 42 heavy (non-hydrogen) atoms. The first-order valence-corrected chi connectivity index (χ1v) is 14.8. The van der Waals surface area contributed by atoms with Gasteiger partial charge in [-0.2, -0.15) is 0 Å². The molecule has 1 radical (unpaired) electrons. The van der Waals surface area contributed by atoms with Gasteiger partial charge in [0.05, 0.1) is 0 Å². The average molecular weight is 794 g/mol. The summed E-state index contributed by atoms with van der Waals surface area (Å²) in [5, 5.41) is 0. The Labute approximate surface area is 273 Å². The second-order valence-corrected chi connectivity index (χ2v) is 12.6. The van der Waals surface area contributed by atoms with Crippen molar-refractivity contribution in [3.63, 3.8) is 0 Å². The molecular weight excluding hydrogens is 757 g/mol. The summed E-state index contributed by atoms with van der Waals surface area (Å²) >= 11 is 3.41. The largest absolute Gasteiger partial charge is 0.305 e. The van der Waals surface area contributed by atoms with Crippen LogP contribution in [0.25, 0.3) is 33.6 Å². The van der Waals surface area contributed by atoms with Crippen molar-refractivity contribution >= 4 is 15.9 Å². The van der Waals surface area contributed by atoms with Crippen molar-refractivity contribution in [2.24, 2.45) is 0 Å². The first-order chi connectivity index (χ1) is 19.3. The number of aryl methyl sites for hydroxylation is 1. The summed E-state index contributed by atoms with van der Waals surface area (Å²) in [5.41, 5.74) is 11.6. The predicted molar refractivity (Wildman–Crippen MR) is 175 cm³/mol. The van der Waals surface area contributed by atoms with Crippen LogP contribution in [0.2, 0.25) is 0 Å². The maximum atomic E-state index is 4.81. The molecule has 3 aliphatic rings. The molecule has 0 N–H and O–H groups in total. The van der Waals surface area contributed by atoms with Crippen LogP contribution in [0.1, 0.15) is 63.6 Å². The number of fused-ring (bicyclic) bond motifs is 2. The number of halogens is 1. The van der Waals surface area contributed by atoms with E-state index in [1.807, 2.05) is 42.6 Å². The van der Waals surface area contributed by atoms with E-state index in [0.717, 1.165) is 27.0 Å². The smallest absolute Gasteiger partial charge is 0.0242 e. The number of hydrogen-bond acceptors (Lipinski definition) is 2. The van der Waals surface area contributed by atoms with Gasteiger partial charge >= 0.3 is 0 Å². The molecule has 2 aromatic heterocycles. The molecule has 8 rings (SSSR count). The third-order valence-electron chi connectivity index (χ3n) is 8.88. The van der Waals surface area contributed by atoms with Gasteiger partial charge in [-0.05, 0) is 59.2 Å². The Bertz CT molecular complexity index is 1640.